The summed E-state index contributed by atoms with van der Waals surface area (Å²) in [6, 6.07) is -0.900. The lowest BCUT2D eigenvalue weighted by atomic mass is 10.0. The quantitative estimate of drug-likeness (QED) is 0.680. The summed E-state index contributed by atoms with van der Waals surface area (Å²) in [4.78, 5) is 10.8. The summed E-state index contributed by atoms with van der Waals surface area (Å²) in [5.41, 5.74) is 5.01. The van der Waals surface area contributed by atoms with Gasteiger partial charge in [0.2, 0.25) is 0 Å². The minimum atomic E-state index is -0.990. The monoisotopic (exact) mass is 247 g/mol. The van der Waals surface area contributed by atoms with Gasteiger partial charge in [0, 0.05) is 10.5 Å². The van der Waals surface area contributed by atoms with E-state index in [1.807, 2.05) is 13.8 Å². The molecule has 0 amide bonds. The average molecular weight is 247 g/mol. The second-order valence-corrected chi connectivity index (χ2v) is 6.77. The van der Waals surface area contributed by atoms with Crippen LogP contribution in [0.2, 0.25) is 0 Å². The molecule has 0 saturated heterocycles. The van der Waals surface area contributed by atoms with E-state index >= 15 is 0 Å². The third-order valence-corrected chi connectivity index (χ3v) is 4.94. The predicted octanol–water partition coefficient (Wildman–Crippen LogP) is 1.22. The Kier molecular flexibility index (Phi) is 4.26. The molecule has 4 N–H and O–H groups in total. The van der Waals surface area contributed by atoms with Crippen molar-refractivity contribution < 1.29 is 15.0 Å². The Hall–Kier alpha value is -0.260. The van der Waals surface area contributed by atoms with Gasteiger partial charge in [-0.2, -0.15) is 11.8 Å². The van der Waals surface area contributed by atoms with Gasteiger partial charge in [-0.25, -0.2) is 0 Å². The Morgan fingerprint density at radius 2 is 2.00 bits per heavy atom. The van der Waals surface area contributed by atoms with Gasteiger partial charge in [0.15, 0.2) is 0 Å². The molecule has 0 spiro atoms. The Bertz CT molecular complexity index is 262. The van der Waals surface area contributed by atoms with Crippen molar-refractivity contribution in [2.45, 2.75) is 55.9 Å². The third-order valence-electron chi connectivity index (χ3n) is 3.26. The number of nitrogens with two attached hydrogens (primary N) is 1. The van der Waals surface area contributed by atoms with E-state index in [0.717, 1.165) is 25.7 Å². The Labute approximate surface area is 101 Å². The fraction of sp³-hybridized carbons (Fsp3) is 0.909. The molecule has 1 aliphatic rings. The summed E-state index contributed by atoms with van der Waals surface area (Å²) >= 11 is 1.46. The lowest BCUT2D eigenvalue weighted by Crippen LogP contribution is -2.48. The van der Waals surface area contributed by atoms with Crippen LogP contribution in [0.1, 0.15) is 39.5 Å². The summed E-state index contributed by atoms with van der Waals surface area (Å²) in [5.74, 6) is -0.419. The second kappa shape index (κ2) is 4.94. The van der Waals surface area contributed by atoms with Crippen molar-refractivity contribution in [3.63, 3.8) is 0 Å². The van der Waals surface area contributed by atoms with E-state index in [0.29, 0.717) is 5.75 Å². The first-order valence-electron chi connectivity index (χ1n) is 5.62. The first kappa shape index (κ1) is 13.8. The SMILES string of the molecule is CC(C)(SCC1(O)CCCC1)[C@@H](N)C(=O)O. The van der Waals surface area contributed by atoms with Crippen molar-refractivity contribution >= 4 is 17.7 Å². The largest absolute Gasteiger partial charge is 0.480 e. The Morgan fingerprint density at radius 1 is 1.50 bits per heavy atom. The summed E-state index contributed by atoms with van der Waals surface area (Å²) in [7, 11) is 0. The number of carboxylic acid groups (broad SMARTS) is 1. The topological polar surface area (TPSA) is 83.5 Å². The van der Waals surface area contributed by atoms with E-state index in [2.05, 4.69) is 0 Å². The lowest BCUT2D eigenvalue weighted by molar-refractivity contribution is -0.139. The number of hydrogen-bond donors (Lipinski definition) is 3. The number of hydrogen-bond acceptors (Lipinski definition) is 4. The van der Waals surface area contributed by atoms with Crippen LogP contribution in [0.3, 0.4) is 0 Å². The van der Waals surface area contributed by atoms with Gasteiger partial charge < -0.3 is 15.9 Å². The van der Waals surface area contributed by atoms with E-state index in [-0.39, 0.29) is 0 Å². The van der Waals surface area contributed by atoms with Crippen LogP contribution in [0.25, 0.3) is 0 Å². The summed E-state index contributed by atoms with van der Waals surface area (Å²) in [5, 5.41) is 19.0. The maximum atomic E-state index is 10.8. The standard InChI is InChI=1S/C11H21NO3S/c1-10(2,8(12)9(13)14)16-7-11(15)5-3-4-6-11/h8,15H,3-7,12H2,1-2H3,(H,13,14)/t8-/m0/s1. The molecule has 0 aromatic heterocycles. The van der Waals surface area contributed by atoms with Crippen molar-refractivity contribution in [1.29, 1.82) is 0 Å². The highest BCUT2D eigenvalue weighted by atomic mass is 32.2. The Balaban J connectivity index is 2.49. The number of thioether (sulfide) groups is 1. The molecule has 0 radical (unpaired) electrons. The third kappa shape index (κ3) is 3.37. The van der Waals surface area contributed by atoms with Crippen LogP contribution in [0.5, 0.6) is 0 Å². The second-order valence-electron chi connectivity index (χ2n) is 5.14. The molecule has 5 heteroatoms. The van der Waals surface area contributed by atoms with Gasteiger partial charge in [-0.05, 0) is 26.7 Å². The molecule has 1 rings (SSSR count). The van der Waals surface area contributed by atoms with Crippen molar-refractivity contribution in [3.05, 3.63) is 0 Å². The van der Waals surface area contributed by atoms with E-state index in [4.69, 9.17) is 10.8 Å². The van der Waals surface area contributed by atoms with Gasteiger partial charge in [-0.15, -0.1) is 0 Å². The van der Waals surface area contributed by atoms with Crippen molar-refractivity contribution in [2.24, 2.45) is 5.73 Å². The molecule has 1 atom stereocenters. The minimum absolute atomic E-state index is 0.551. The molecule has 16 heavy (non-hydrogen) atoms. The van der Waals surface area contributed by atoms with Crippen LogP contribution in [-0.4, -0.2) is 38.3 Å². The minimum Gasteiger partial charge on any atom is -0.480 e. The summed E-state index contributed by atoms with van der Waals surface area (Å²) in [6.45, 7) is 3.63. The predicted molar refractivity (Wildman–Crippen MR) is 65.6 cm³/mol. The maximum absolute atomic E-state index is 10.8. The highest BCUT2D eigenvalue weighted by Crippen LogP contribution is 2.37. The van der Waals surface area contributed by atoms with E-state index in [1.54, 1.807) is 0 Å². The normalized spacial score (nSPS) is 22.0. The molecular formula is C11H21NO3S. The van der Waals surface area contributed by atoms with Crippen LogP contribution in [-0.2, 0) is 4.79 Å². The number of carbonyl (C=O) groups is 1. The number of carboxylic acids is 1. The molecule has 0 aromatic carbocycles. The highest BCUT2D eigenvalue weighted by Gasteiger charge is 2.37. The smallest absolute Gasteiger partial charge is 0.321 e. The number of aliphatic carboxylic acids is 1. The fourth-order valence-electron chi connectivity index (χ4n) is 1.88. The zero-order valence-corrected chi connectivity index (χ0v) is 10.7. The van der Waals surface area contributed by atoms with Crippen LogP contribution in [0, 0.1) is 0 Å². The molecule has 1 fully saturated rings. The molecule has 0 unspecified atom stereocenters. The first-order chi connectivity index (χ1) is 7.27. The molecule has 94 valence electrons. The lowest BCUT2D eigenvalue weighted by Gasteiger charge is -2.32. The van der Waals surface area contributed by atoms with Crippen LogP contribution >= 0.6 is 11.8 Å². The zero-order valence-electron chi connectivity index (χ0n) is 9.90. The first-order valence-corrected chi connectivity index (χ1v) is 6.60. The van der Waals surface area contributed by atoms with Gasteiger partial charge in [0.05, 0.1) is 5.60 Å². The van der Waals surface area contributed by atoms with Gasteiger partial charge in [0.1, 0.15) is 6.04 Å². The zero-order chi connectivity index (χ0) is 12.4. The van der Waals surface area contributed by atoms with E-state index in [1.165, 1.54) is 11.8 Å². The van der Waals surface area contributed by atoms with Crippen molar-refractivity contribution in [1.82, 2.24) is 0 Å². The highest BCUT2D eigenvalue weighted by molar-refractivity contribution is 8.00. The molecule has 1 aliphatic carbocycles. The summed E-state index contributed by atoms with van der Waals surface area (Å²) in [6.07, 6.45) is 3.75. The number of rotatable bonds is 5. The molecule has 0 aromatic rings. The molecular weight excluding hydrogens is 226 g/mol. The van der Waals surface area contributed by atoms with Crippen molar-refractivity contribution in [2.75, 3.05) is 5.75 Å². The fourth-order valence-corrected chi connectivity index (χ4v) is 3.09. The Morgan fingerprint density at radius 3 is 2.44 bits per heavy atom. The van der Waals surface area contributed by atoms with Crippen molar-refractivity contribution in [3.8, 4) is 0 Å². The van der Waals surface area contributed by atoms with Crippen LogP contribution in [0.15, 0.2) is 0 Å². The van der Waals surface area contributed by atoms with Gasteiger partial charge in [-0.3, -0.25) is 4.79 Å². The molecule has 0 aliphatic heterocycles. The molecule has 0 heterocycles. The van der Waals surface area contributed by atoms with E-state index < -0.39 is 22.4 Å². The van der Waals surface area contributed by atoms with Gasteiger partial charge in [0.25, 0.3) is 0 Å². The van der Waals surface area contributed by atoms with Crippen LogP contribution in [0.4, 0.5) is 0 Å². The van der Waals surface area contributed by atoms with Gasteiger partial charge >= 0.3 is 5.97 Å². The summed E-state index contributed by atoms with van der Waals surface area (Å²) < 4.78 is -0.551. The maximum Gasteiger partial charge on any atom is 0.321 e. The van der Waals surface area contributed by atoms with Gasteiger partial charge in [-0.1, -0.05) is 12.8 Å². The molecule has 1 saturated carbocycles. The number of aliphatic hydroxyl groups is 1. The molecule has 4 nitrogen and oxygen atoms in total. The van der Waals surface area contributed by atoms with Crippen LogP contribution < -0.4 is 5.73 Å². The molecule has 0 bridgehead atoms. The average Bonchev–Trinajstić information content (AvgIpc) is 2.62. The van der Waals surface area contributed by atoms with E-state index in [9.17, 15) is 9.90 Å².